The number of hydrogen-bond donors (Lipinski definition) is 0. The second-order valence-electron chi connectivity index (χ2n) is 3.05. The minimum Gasteiger partial charge on any atom is -0.447 e. The first kappa shape index (κ1) is 11.7. The summed E-state index contributed by atoms with van der Waals surface area (Å²) in [4.78, 5) is 21.3. The standard InChI is InChI=1S/C10H8N2O4/c1-7-4-8(10(13)16-3-2-11)6-9(5-7)12(14)15/h4-6H,3H2,1H3. The Morgan fingerprint density at radius 3 is 2.81 bits per heavy atom. The first-order valence-corrected chi connectivity index (χ1v) is 4.34. The van der Waals surface area contributed by atoms with Crippen LogP contribution in [0.15, 0.2) is 18.2 Å². The number of benzene rings is 1. The predicted octanol–water partition coefficient (Wildman–Crippen LogP) is 1.58. The van der Waals surface area contributed by atoms with Gasteiger partial charge in [0.2, 0.25) is 0 Å². The van der Waals surface area contributed by atoms with Crippen molar-refractivity contribution in [3.05, 3.63) is 39.4 Å². The van der Waals surface area contributed by atoms with Crippen LogP contribution in [0, 0.1) is 28.4 Å². The van der Waals surface area contributed by atoms with E-state index >= 15 is 0 Å². The molecule has 6 heteroatoms. The molecule has 0 bridgehead atoms. The van der Waals surface area contributed by atoms with Crippen LogP contribution in [0.25, 0.3) is 0 Å². The number of ether oxygens (including phenoxy) is 1. The molecule has 0 atom stereocenters. The van der Waals surface area contributed by atoms with Crippen molar-refractivity contribution in [3.63, 3.8) is 0 Å². The SMILES string of the molecule is Cc1cc(C(=O)OCC#N)cc([N+](=O)[O-])c1. The summed E-state index contributed by atoms with van der Waals surface area (Å²) in [6.07, 6.45) is 0. The number of nitriles is 1. The number of non-ortho nitro benzene ring substituents is 1. The van der Waals surface area contributed by atoms with Gasteiger partial charge in [-0.1, -0.05) is 0 Å². The highest BCUT2D eigenvalue weighted by Gasteiger charge is 2.13. The molecule has 0 saturated carbocycles. The Morgan fingerprint density at radius 2 is 2.25 bits per heavy atom. The highest BCUT2D eigenvalue weighted by atomic mass is 16.6. The minimum atomic E-state index is -0.742. The molecular formula is C10H8N2O4. The molecule has 16 heavy (non-hydrogen) atoms. The molecule has 1 aromatic carbocycles. The molecule has 0 saturated heterocycles. The fourth-order valence-corrected chi connectivity index (χ4v) is 1.17. The Labute approximate surface area is 91.2 Å². The van der Waals surface area contributed by atoms with Crippen LogP contribution in [0.1, 0.15) is 15.9 Å². The lowest BCUT2D eigenvalue weighted by Gasteiger charge is -2.01. The number of nitro groups is 1. The van der Waals surface area contributed by atoms with Crippen LogP contribution in [0.5, 0.6) is 0 Å². The smallest absolute Gasteiger partial charge is 0.339 e. The van der Waals surface area contributed by atoms with Crippen molar-refractivity contribution >= 4 is 11.7 Å². The lowest BCUT2D eigenvalue weighted by Crippen LogP contribution is -2.06. The van der Waals surface area contributed by atoms with E-state index in [-0.39, 0.29) is 17.9 Å². The molecule has 0 aliphatic heterocycles. The summed E-state index contributed by atoms with van der Waals surface area (Å²) >= 11 is 0. The van der Waals surface area contributed by atoms with E-state index in [1.165, 1.54) is 12.1 Å². The van der Waals surface area contributed by atoms with Crippen molar-refractivity contribution in [2.45, 2.75) is 6.92 Å². The Hall–Kier alpha value is -2.42. The maximum Gasteiger partial charge on any atom is 0.339 e. The van der Waals surface area contributed by atoms with Crippen LogP contribution in [0.3, 0.4) is 0 Å². The first-order valence-electron chi connectivity index (χ1n) is 4.34. The fraction of sp³-hybridized carbons (Fsp3) is 0.200. The monoisotopic (exact) mass is 220 g/mol. The summed E-state index contributed by atoms with van der Waals surface area (Å²) in [5.41, 5.74) is 0.476. The number of carbonyl (C=O) groups excluding carboxylic acids is 1. The van der Waals surface area contributed by atoms with Crippen LogP contribution in [0.2, 0.25) is 0 Å². The quantitative estimate of drug-likeness (QED) is 0.438. The zero-order valence-electron chi connectivity index (χ0n) is 8.47. The average Bonchev–Trinajstić information content (AvgIpc) is 2.24. The molecule has 0 heterocycles. The molecule has 0 spiro atoms. The lowest BCUT2D eigenvalue weighted by molar-refractivity contribution is -0.384. The van der Waals surface area contributed by atoms with Crippen LogP contribution in [-0.4, -0.2) is 17.5 Å². The van der Waals surface area contributed by atoms with Gasteiger partial charge in [-0.3, -0.25) is 10.1 Å². The Bertz CT molecular complexity index is 476. The van der Waals surface area contributed by atoms with Gasteiger partial charge in [-0.15, -0.1) is 0 Å². The molecule has 0 unspecified atom stereocenters. The summed E-state index contributed by atoms with van der Waals surface area (Å²) in [6.45, 7) is 1.26. The number of rotatable bonds is 3. The van der Waals surface area contributed by atoms with Gasteiger partial charge in [0.25, 0.3) is 5.69 Å². The molecule has 0 radical (unpaired) electrons. The molecule has 0 amide bonds. The average molecular weight is 220 g/mol. The van der Waals surface area contributed by atoms with E-state index in [1.54, 1.807) is 13.0 Å². The van der Waals surface area contributed by atoms with Gasteiger partial charge in [0.1, 0.15) is 6.07 Å². The lowest BCUT2D eigenvalue weighted by atomic mass is 10.1. The maximum atomic E-state index is 11.3. The summed E-state index contributed by atoms with van der Waals surface area (Å²) in [6, 6.07) is 5.57. The summed E-state index contributed by atoms with van der Waals surface area (Å²) < 4.78 is 4.54. The molecule has 1 rings (SSSR count). The van der Waals surface area contributed by atoms with E-state index in [0.717, 1.165) is 6.07 Å². The summed E-state index contributed by atoms with van der Waals surface area (Å²) in [5.74, 6) is -0.742. The largest absolute Gasteiger partial charge is 0.447 e. The molecule has 6 nitrogen and oxygen atoms in total. The number of aryl methyl sites for hydroxylation is 1. The van der Waals surface area contributed by atoms with E-state index in [1.807, 2.05) is 0 Å². The van der Waals surface area contributed by atoms with Crippen LogP contribution >= 0.6 is 0 Å². The van der Waals surface area contributed by atoms with Crippen LogP contribution < -0.4 is 0 Å². The third-order valence-corrected chi connectivity index (χ3v) is 1.78. The van der Waals surface area contributed by atoms with Gasteiger partial charge in [0.05, 0.1) is 10.5 Å². The number of carbonyl (C=O) groups is 1. The molecule has 82 valence electrons. The van der Waals surface area contributed by atoms with E-state index in [4.69, 9.17) is 5.26 Å². The van der Waals surface area contributed by atoms with Crippen molar-refractivity contribution in [3.8, 4) is 6.07 Å². The zero-order valence-corrected chi connectivity index (χ0v) is 8.47. The van der Waals surface area contributed by atoms with E-state index in [0.29, 0.717) is 5.56 Å². The molecule has 0 aliphatic rings. The number of hydrogen-bond acceptors (Lipinski definition) is 5. The normalized spacial score (nSPS) is 9.25. The topological polar surface area (TPSA) is 93.2 Å². The Kier molecular flexibility index (Phi) is 3.56. The predicted molar refractivity (Wildman–Crippen MR) is 53.7 cm³/mol. The van der Waals surface area contributed by atoms with Gasteiger partial charge in [-0.25, -0.2) is 4.79 Å². The molecule has 0 aliphatic carbocycles. The van der Waals surface area contributed by atoms with Gasteiger partial charge < -0.3 is 4.74 Å². The van der Waals surface area contributed by atoms with E-state index in [2.05, 4.69) is 4.74 Å². The molecule has 0 N–H and O–H groups in total. The fourth-order valence-electron chi connectivity index (χ4n) is 1.17. The number of esters is 1. The Balaban J connectivity index is 3.01. The zero-order chi connectivity index (χ0) is 12.1. The van der Waals surface area contributed by atoms with Crippen LogP contribution in [0.4, 0.5) is 5.69 Å². The van der Waals surface area contributed by atoms with Gasteiger partial charge >= 0.3 is 5.97 Å². The third-order valence-electron chi connectivity index (χ3n) is 1.78. The van der Waals surface area contributed by atoms with Crippen molar-refractivity contribution < 1.29 is 14.5 Å². The van der Waals surface area contributed by atoms with Gasteiger partial charge in [-0.2, -0.15) is 5.26 Å². The van der Waals surface area contributed by atoms with Crippen molar-refractivity contribution in [2.24, 2.45) is 0 Å². The van der Waals surface area contributed by atoms with E-state index in [9.17, 15) is 14.9 Å². The Morgan fingerprint density at radius 1 is 1.56 bits per heavy atom. The van der Waals surface area contributed by atoms with Gasteiger partial charge in [-0.05, 0) is 18.6 Å². The summed E-state index contributed by atoms with van der Waals surface area (Å²) in [5, 5.41) is 18.8. The van der Waals surface area contributed by atoms with Crippen LogP contribution in [-0.2, 0) is 4.74 Å². The third kappa shape index (κ3) is 2.78. The van der Waals surface area contributed by atoms with Crippen molar-refractivity contribution in [1.29, 1.82) is 5.26 Å². The molecular weight excluding hydrogens is 212 g/mol. The second-order valence-corrected chi connectivity index (χ2v) is 3.05. The second kappa shape index (κ2) is 4.89. The summed E-state index contributed by atoms with van der Waals surface area (Å²) in [7, 11) is 0. The van der Waals surface area contributed by atoms with Gasteiger partial charge in [0, 0.05) is 12.1 Å². The number of nitro benzene ring substituents is 1. The number of nitrogens with zero attached hydrogens (tertiary/aromatic N) is 2. The van der Waals surface area contributed by atoms with Gasteiger partial charge in [0.15, 0.2) is 6.61 Å². The first-order chi connectivity index (χ1) is 7.54. The van der Waals surface area contributed by atoms with E-state index < -0.39 is 10.9 Å². The highest BCUT2D eigenvalue weighted by Crippen LogP contribution is 2.17. The molecule has 0 aromatic heterocycles. The minimum absolute atomic E-state index is 0.0713. The van der Waals surface area contributed by atoms with Crippen molar-refractivity contribution in [2.75, 3.05) is 6.61 Å². The van der Waals surface area contributed by atoms with Crippen molar-refractivity contribution in [1.82, 2.24) is 0 Å². The maximum absolute atomic E-state index is 11.3. The highest BCUT2D eigenvalue weighted by molar-refractivity contribution is 5.90. The molecule has 0 fully saturated rings. The molecule has 1 aromatic rings.